The zero-order valence-corrected chi connectivity index (χ0v) is 19.9. The summed E-state index contributed by atoms with van der Waals surface area (Å²) in [6.45, 7) is 3.34. The lowest BCUT2D eigenvalue weighted by Crippen LogP contribution is -2.29. The van der Waals surface area contributed by atoms with E-state index in [4.69, 9.17) is 28.6 Å². The minimum Gasteiger partial charge on any atom is -0.383 e. The van der Waals surface area contributed by atoms with Crippen LogP contribution in [0.5, 0.6) is 0 Å². The summed E-state index contributed by atoms with van der Waals surface area (Å²) >= 11 is 0. The molecule has 1 aromatic heterocycles. The van der Waals surface area contributed by atoms with Gasteiger partial charge in [0.25, 0.3) is 0 Å². The Morgan fingerprint density at radius 1 is 1.16 bits per heavy atom. The molecule has 5 unspecified atom stereocenters. The molecule has 2 heterocycles. The van der Waals surface area contributed by atoms with Gasteiger partial charge >= 0.3 is 21.3 Å². The standard InChI is InChI=1S/C17H31N3O10P2/c1-3-5-9-26-31(22,23)28-12-14-13(30-32(24,25)27-10-6-4-2)11-16(29-14)20-8-7-15(18)19-17(20)21/h7-8,13-14,16H,3-6,9-12H2,1-2H3,(H,22,23)(H,24,25)(H2,18,19,21). The third-order valence-corrected chi connectivity index (χ3v) is 6.55. The molecule has 5 atom stereocenters. The van der Waals surface area contributed by atoms with E-state index in [1.807, 2.05) is 13.8 Å². The van der Waals surface area contributed by atoms with Gasteiger partial charge in [-0.15, -0.1) is 0 Å². The van der Waals surface area contributed by atoms with E-state index in [9.17, 15) is 23.7 Å². The first-order chi connectivity index (χ1) is 15.1. The zero-order chi connectivity index (χ0) is 23.8. The monoisotopic (exact) mass is 499 g/mol. The fraction of sp³-hybridized carbons (Fsp3) is 0.765. The van der Waals surface area contributed by atoms with Crippen molar-refractivity contribution < 1.29 is 41.7 Å². The number of nitrogen functional groups attached to an aromatic ring is 1. The van der Waals surface area contributed by atoms with Crippen LogP contribution in [0.2, 0.25) is 0 Å². The van der Waals surface area contributed by atoms with Crippen LogP contribution in [0.3, 0.4) is 0 Å². The maximum atomic E-state index is 12.3. The van der Waals surface area contributed by atoms with Crippen molar-refractivity contribution in [2.24, 2.45) is 0 Å². The normalized spacial score (nSPS) is 24.8. The summed E-state index contributed by atoms with van der Waals surface area (Å²) in [5, 5.41) is 0. The molecular formula is C17H31N3O10P2. The van der Waals surface area contributed by atoms with Crippen molar-refractivity contribution in [3.05, 3.63) is 22.7 Å². The molecule has 13 nitrogen and oxygen atoms in total. The summed E-state index contributed by atoms with van der Waals surface area (Å²) in [4.78, 5) is 35.6. The first-order valence-electron chi connectivity index (χ1n) is 10.3. The fourth-order valence-electron chi connectivity index (χ4n) is 2.83. The van der Waals surface area contributed by atoms with E-state index in [-0.39, 0.29) is 25.5 Å². The second-order valence-electron chi connectivity index (χ2n) is 7.16. The summed E-state index contributed by atoms with van der Waals surface area (Å²) in [5.74, 6) is 0.0200. The van der Waals surface area contributed by atoms with E-state index in [0.717, 1.165) is 17.4 Å². The predicted octanol–water partition coefficient (Wildman–Crippen LogP) is 2.35. The molecule has 1 aromatic rings. The van der Waals surface area contributed by atoms with Crippen molar-refractivity contribution in [3.8, 4) is 0 Å². The number of ether oxygens (including phenoxy) is 1. The van der Waals surface area contributed by atoms with Gasteiger partial charge in [0.05, 0.1) is 19.8 Å². The van der Waals surface area contributed by atoms with Crippen LogP contribution in [-0.4, -0.2) is 51.4 Å². The highest BCUT2D eigenvalue weighted by atomic mass is 31.2. The summed E-state index contributed by atoms with van der Waals surface area (Å²) in [7, 11) is -8.83. The molecule has 1 aliphatic rings. The van der Waals surface area contributed by atoms with Gasteiger partial charge in [0.1, 0.15) is 24.3 Å². The number of anilines is 1. The van der Waals surface area contributed by atoms with E-state index < -0.39 is 46.4 Å². The molecule has 32 heavy (non-hydrogen) atoms. The molecule has 4 N–H and O–H groups in total. The quantitative estimate of drug-likeness (QED) is 0.251. The molecule has 1 fully saturated rings. The van der Waals surface area contributed by atoms with Crippen LogP contribution in [-0.2, 0) is 32.0 Å². The number of phosphoric acid groups is 2. The van der Waals surface area contributed by atoms with Crippen LogP contribution in [0.1, 0.15) is 52.2 Å². The van der Waals surface area contributed by atoms with Gasteiger partial charge in [-0.25, -0.2) is 13.9 Å². The van der Waals surface area contributed by atoms with Gasteiger partial charge in [-0.05, 0) is 18.9 Å². The molecule has 2 rings (SSSR count). The van der Waals surface area contributed by atoms with Crippen molar-refractivity contribution in [3.63, 3.8) is 0 Å². The Morgan fingerprint density at radius 3 is 2.38 bits per heavy atom. The van der Waals surface area contributed by atoms with Gasteiger partial charge in [-0.1, -0.05) is 26.7 Å². The van der Waals surface area contributed by atoms with E-state index in [1.54, 1.807) is 0 Å². The van der Waals surface area contributed by atoms with Crippen LogP contribution < -0.4 is 11.4 Å². The highest BCUT2D eigenvalue weighted by Gasteiger charge is 2.43. The van der Waals surface area contributed by atoms with E-state index >= 15 is 0 Å². The van der Waals surface area contributed by atoms with Crippen molar-refractivity contribution in [1.29, 1.82) is 0 Å². The smallest absolute Gasteiger partial charge is 0.383 e. The lowest BCUT2D eigenvalue weighted by Gasteiger charge is -2.22. The number of hydrogen-bond donors (Lipinski definition) is 3. The molecular weight excluding hydrogens is 468 g/mol. The van der Waals surface area contributed by atoms with Crippen molar-refractivity contribution in [2.75, 3.05) is 25.6 Å². The predicted molar refractivity (Wildman–Crippen MR) is 114 cm³/mol. The second-order valence-corrected chi connectivity index (χ2v) is 10.0. The Kier molecular flexibility index (Phi) is 10.5. The lowest BCUT2D eigenvalue weighted by atomic mass is 10.2. The molecule has 1 aliphatic heterocycles. The van der Waals surface area contributed by atoms with Crippen LogP contribution in [0.4, 0.5) is 5.82 Å². The minimum atomic E-state index is -4.45. The molecule has 0 amide bonds. The lowest BCUT2D eigenvalue weighted by molar-refractivity contribution is -0.0468. The van der Waals surface area contributed by atoms with Crippen molar-refractivity contribution in [2.45, 2.75) is 64.4 Å². The molecule has 0 aliphatic carbocycles. The summed E-state index contributed by atoms with van der Waals surface area (Å²) in [6, 6.07) is 1.39. The van der Waals surface area contributed by atoms with Gasteiger partial charge in [0, 0.05) is 12.6 Å². The summed E-state index contributed by atoms with van der Waals surface area (Å²) in [6.07, 6.45) is 0.845. The van der Waals surface area contributed by atoms with E-state index in [2.05, 4.69) is 4.98 Å². The average Bonchev–Trinajstić information content (AvgIpc) is 3.08. The second kappa shape index (κ2) is 12.4. The van der Waals surface area contributed by atoms with Gasteiger partial charge in [-0.3, -0.25) is 22.7 Å². The van der Waals surface area contributed by atoms with Crippen LogP contribution in [0.25, 0.3) is 0 Å². The first-order valence-corrected chi connectivity index (χ1v) is 13.3. The summed E-state index contributed by atoms with van der Waals surface area (Å²) in [5.41, 5.74) is 4.80. The third-order valence-electron chi connectivity index (χ3n) is 4.52. The van der Waals surface area contributed by atoms with Crippen molar-refractivity contribution in [1.82, 2.24) is 9.55 Å². The zero-order valence-electron chi connectivity index (χ0n) is 18.1. The number of phosphoric ester groups is 2. The van der Waals surface area contributed by atoms with Gasteiger partial charge < -0.3 is 20.3 Å². The Hall–Kier alpha value is -1.14. The molecule has 0 aromatic carbocycles. The number of rotatable bonds is 14. The highest BCUT2D eigenvalue weighted by Crippen LogP contribution is 2.49. The molecule has 184 valence electrons. The SMILES string of the molecule is CCCCOP(=O)(O)OCC1OC(n2ccc(N)nc2=O)CC1OP(=O)(O)OCCCC. The van der Waals surface area contributed by atoms with Crippen LogP contribution in [0, 0.1) is 0 Å². The van der Waals surface area contributed by atoms with Crippen LogP contribution in [0.15, 0.2) is 17.1 Å². The average molecular weight is 499 g/mol. The number of nitrogens with zero attached hydrogens (tertiary/aromatic N) is 2. The Bertz CT molecular complexity index is 882. The number of nitrogens with two attached hydrogens (primary N) is 1. The molecule has 0 radical (unpaired) electrons. The highest BCUT2D eigenvalue weighted by molar-refractivity contribution is 7.47. The van der Waals surface area contributed by atoms with Gasteiger partial charge in [-0.2, -0.15) is 4.98 Å². The number of unbranched alkanes of at least 4 members (excludes halogenated alkanes) is 2. The molecule has 0 saturated carbocycles. The Balaban J connectivity index is 2.12. The maximum absolute atomic E-state index is 12.3. The Morgan fingerprint density at radius 2 is 1.78 bits per heavy atom. The largest absolute Gasteiger partial charge is 0.472 e. The minimum absolute atomic E-state index is 0.0148. The Labute approximate surface area is 186 Å². The van der Waals surface area contributed by atoms with E-state index in [0.29, 0.717) is 12.8 Å². The molecule has 0 spiro atoms. The van der Waals surface area contributed by atoms with Crippen LogP contribution >= 0.6 is 15.6 Å². The van der Waals surface area contributed by atoms with Gasteiger partial charge in [0.15, 0.2) is 0 Å². The molecule has 1 saturated heterocycles. The fourth-order valence-corrected chi connectivity index (χ4v) is 4.59. The first kappa shape index (κ1) is 27.1. The maximum Gasteiger partial charge on any atom is 0.472 e. The van der Waals surface area contributed by atoms with E-state index in [1.165, 1.54) is 12.3 Å². The number of hydrogen-bond acceptors (Lipinski definition) is 10. The van der Waals surface area contributed by atoms with Crippen molar-refractivity contribution >= 4 is 21.5 Å². The number of aromatic nitrogens is 2. The van der Waals surface area contributed by atoms with Gasteiger partial charge in [0.2, 0.25) is 0 Å². The topological polar surface area (TPSA) is 182 Å². The molecule has 0 bridgehead atoms. The molecule has 15 heteroatoms. The third kappa shape index (κ3) is 8.66. The summed E-state index contributed by atoms with van der Waals surface area (Å²) < 4.78 is 51.3.